The van der Waals surface area contributed by atoms with Crippen LogP contribution in [0.25, 0.3) is 0 Å². The van der Waals surface area contributed by atoms with Crippen molar-refractivity contribution < 1.29 is 15.0 Å². The zero-order valence-corrected chi connectivity index (χ0v) is 11.4. The minimum atomic E-state index is -0.975. The molecule has 0 aliphatic carbocycles. The lowest BCUT2D eigenvalue weighted by Gasteiger charge is -2.16. The zero-order chi connectivity index (χ0) is 14.7. The van der Waals surface area contributed by atoms with Gasteiger partial charge in [-0.3, -0.25) is 0 Å². The number of hydrogen-bond donors (Lipinski definition) is 3. The molecule has 0 heterocycles. The predicted octanol–water partition coefficient (Wildman–Crippen LogP) is 3.49. The van der Waals surface area contributed by atoms with Crippen LogP contribution in [-0.2, 0) is 0 Å². The molecule has 0 aromatic heterocycles. The maximum Gasteiger partial charge on any atom is 0.337 e. The highest BCUT2D eigenvalue weighted by Crippen LogP contribution is 2.28. The third-order valence-electron chi connectivity index (χ3n) is 3.25. The van der Waals surface area contributed by atoms with Gasteiger partial charge in [0.05, 0.1) is 17.4 Å². The summed E-state index contributed by atoms with van der Waals surface area (Å²) in [6.07, 6.45) is -0.563. The lowest BCUT2D eigenvalue weighted by molar-refractivity contribution is 0.0698. The topological polar surface area (TPSA) is 69.6 Å². The molecule has 20 heavy (non-hydrogen) atoms. The molecule has 0 spiro atoms. The van der Waals surface area contributed by atoms with Gasteiger partial charge in [0.1, 0.15) is 0 Å². The molecular weight excluding hydrogens is 254 g/mol. The average Bonchev–Trinajstić information content (AvgIpc) is 2.41. The minimum Gasteiger partial charge on any atom is -0.478 e. The van der Waals surface area contributed by atoms with E-state index in [9.17, 15) is 15.0 Å². The zero-order valence-electron chi connectivity index (χ0n) is 11.4. The number of carbonyl (C=O) groups is 1. The van der Waals surface area contributed by atoms with Gasteiger partial charge in [0, 0.05) is 5.69 Å². The Hall–Kier alpha value is -2.33. The Balaban J connectivity index is 2.41. The maximum absolute atomic E-state index is 11.2. The van der Waals surface area contributed by atoms with Gasteiger partial charge < -0.3 is 15.5 Å². The van der Waals surface area contributed by atoms with Crippen LogP contribution in [0.2, 0.25) is 0 Å². The fourth-order valence-electron chi connectivity index (χ4n) is 2.17. The summed E-state index contributed by atoms with van der Waals surface area (Å²) in [5.74, 6) is -0.975. The molecule has 1 unspecified atom stereocenters. The van der Waals surface area contributed by atoms with Gasteiger partial charge in [-0.2, -0.15) is 0 Å². The Labute approximate surface area is 117 Å². The Morgan fingerprint density at radius 3 is 2.40 bits per heavy atom. The average molecular weight is 271 g/mol. The van der Waals surface area contributed by atoms with Crippen molar-refractivity contribution in [2.24, 2.45) is 0 Å². The van der Waals surface area contributed by atoms with Crippen LogP contribution in [0.15, 0.2) is 42.5 Å². The number of anilines is 2. The molecule has 0 saturated carbocycles. The number of aromatic carboxylic acids is 1. The number of benzene rings is 2. The van der Waals surface area contributed by atoms with Crippen LogP contribution in [0.3, 0.4) is 0 Å². The molecule has 104 valence electrons. The first-order chi connectivity index (χ1) is 9.50. The fraction of sp³-hybridized carbons (Fsp3) is 0.188. The van der Waals surface area contributed by atoms with Gasteiger partial charge in [-0.15, -0.1) is 0 Å². The summed E-state index contributed by atoms with van der Waals surface area (Å²) in [4.78, 5) is 11.2. The summed E-state index contributed by atoms with van der Waals surface area (Å²) in [7, 11) is 0. The molecule has 4 nitrogen and oxygen atoms in total. The van der Waals surface area contributed by atoms with E-state index in [1.165, 1.54) is 0 Å². The summed E-state index contributed by atoms with van der Waals surface area (Å²) in [6, 6.07) is 12.3. The van der Waals surface area contributed by atoms with E-state index in [1.54, 1.807) is 31.2 Å². The Kier molecular flexibility index (Phi) is 4.05. The van der Waals surface area contributed by atoms with Crippen LogP contribution in [-0.4, -0.2) is 16.2 Å². The van der Waals surface area contributed by atoms with Gasteiger partial charge in [0.2, 0.25) is 0 Å². The second kappa shape index (κ2) is 5.75. The molecule has 0 saturated heterocycles. The van der Waals surface area contributed by atoms with E-state index < -0.39 is 12.1 Å². The van der Waals surface area contributed by atoms with Crippen molar-refractivity contribution in [3.8, 4) is 0 Å². The molecule has 2 aromatic carbocycles. The summed E-state index contributed by atoms with van der Waals surface area (Å²) in [5, 5.41) is 22.0. The number of aliphatic hydroxyl groups excluding tert-OH is 1. The normalized spacial score (nSPS) is 11.9. The number of nitrogens with one attached hydrogen (secondary N) is 1. The predicted molar refractivity (Wildman–Crippen MR) is 78.5 cm³/mol. The van der Waals surface area contributed by atoms with Crippen molar-refractivity contribution in [3.63, 3.8) is 0 Å². The quantitative estimate of drug-likeness (QED) is 0.796. The Morgan fingerprint density at radius 2 is 1.75 bits per heavy atom. The van der Waals surface area contributed by atoms with Crippen molar-refractivity contribution in [1.29, 1.82) is 0 Å². The van der Waals surface area contributed by atoms with E-state index in [-0.39, 0.29) is 5.56 Å². The van der Waals surface area contributed by atoms with Crippen LogP contribution in [0, 0.1) is 6.92 Å². The first kappa shape index (κ1) is 14.1. The van der Waals surface area contributed by atoms with E-state index in [0.717, 1.165) is 16.8 Å². The second-order valence-corrected chi connectivity index (χ2v) is 4.67. The highest BCUT2D eigenvalue weighted by molar-refractivity contribution is 5.95. The van der Waals surface area contributed by atoms with E-state index in [2.05, 4.69) is 5.32 Å². The van der Waals surface area contributed by atoms with Gasteiger partial charge in [-0.05, 0) is 43.2 Å². The molecule has 0 amide bonds. The molecule has 0 fully saturated rings. The van der Waals surface area contributed by atoms with Crippen molar-refractivity contribution in [3.05, 3.63) is 59.2 Å². The molecule has 0 aliphatic heterocycles. The Morgan fingerprint density at radius 1 is 1.10 bits per heavy atom. The molecule has 2 rings (SSSR count). The molecule has 2 aromatic rings. The molecule has 0 aliphatic rings. The molecule has 0 bridgehead atoms. The minimum absolute atomic E-state index is 0.217. The van der Waals surface area contributed by atoms with E-state index in [4.69, 9.17) is 0 Å². The van der Waals surface area contributed by atoms with Crippen molar-refractivity contribution in [2.75, 3.05) is 5.32 Å². The second-order valence-electron chi connectivity index (χ2n) is 4.67. The molecule has 4 heteroatoms. The summed E-state index contributed by atoms with van der Waals surface area (Å²) < 4.78 is 0. The number of carboxylic acids is 1. The summed E-state index contributed by atoms with van der Waals surface area (Å²) >= 11 is 0. The van der Waals surface area contributed by atoms with Crippen molar-refractivity contribution in [1.82, 2.24) is 0 Å². The standard InChI is InChI=1S/C16H17NO3/c1-10-12(11(2)18)7-5-9-14(10)17-15-8-4-3-6-13(15)16(19)20/h3-9,11,17-18H,1-2H3,(H,19,20). The molecule has 1 atom stereocenters. The van der Waals surface area contributed by atoms with Gasteiger partial charge in [-0.25, -0.2) is 4.79 Å². The Bertz CT molecular complexity index is 635. The van der Waals surface area contributed by atoms with E-state index in [1.807, 2.05) is 25.1 Å². The third-order valence-corrected chi connectivity index (χ3v) is 3.25. The number of para-hydroxylation sites is 1. The highest BCUT2D eigenvalue weighted by atomic mass is 16.4. The monoisotopic (exact) mass is 271 g/mol. The number of carboxylic acid groups (broad SMARTS) is 1. The van der Waals surface area contributed by atoms with Gasteiger partial charge in [-0.1, -0.05) is 24.3 Å². The molecule has 3 N–H and O–H groups in total. The maximum atomic E-state index is 11.2. The van der Waals surface area contributed by atoms with E-state index >= 15 is 0 Å². The first-order valence-electron chi connectivity index (χ1n) is 6.37. The van der Waals surface area contributed by atoms with E-state index in [0.29, 0.717) is 5.69 Å². The lowest BCUT2D eigenvalue weighted by Crippen LogP contribution is -2.04. The van der Waals surface area contributed by atoms with Gasteiger partial charge in [0.15, 0.2) is 0 Å². The molecule has 0 radical (unpaired) electrons. The largest absolute Gasteiger partial charge is 0.478 e. The smallest absolute Gasteiger partial charge is 0.337 e. The summed E-state index contributed by atoms with van der Waals surface area (Å²) in [5.41, 5.74) is 3.27. The molecular formula is C16H17NO3. The number of aliphatic hydroxyl groups is 1. The third kappa shape index (κ3) is 2.81. The van der Waals surface area contributed by atoms with Crippen LogP contribution in [0.1, 0.15) is 34.5 Å². The van der Waals surface area contributed by atoms with Gasteiger partial charge >= 0.3 is 5.97 Å². The van der Waals surface area contributed by atoms with Crippen LogP contribution in [0.4, 0.5) is 11.4 Å². The summed E-state index contributed by atoms with van der Waals surface area (Å²) in [6.45, 7) is 3.60. The SMILES string of the molecule is Cc1c(Nc2ccccc2C(=O)O)cccc1C(C)O. The number of hydrogen-bond acceptors (Lipinski definition) is 3. The van der Waals surface area contributed by atoms with Crippen molar-refractivity contribution in [2.45, 2.75) is 20.0 Å². The number of rotatable bonds is 4. The van der Waals surface area contributed by atoms with Crippen molar-refractivity contribution >= 4 is 17.3 Å². The van der Waals surface area contributed by atoms with Crippen LogP contribution in [0.5, 0.6) is 0 Å². The van der Waals surface area contributed by atoms with Crippen LogP contribution < -0.4 is 5.32 Å². The lowest BCUT2D eigenvalue weighted by atomic mass is 10.0. The van der Waals surface area contributed by atoms with Crippen LogP contribution >= 0.6 is 0 Å². The highest BCUT2D eigenvalue weighted by Gasteiger charge is 2.12. The first-order valence-corrected chi connectivity index (χ1v) is 6.37. The van der Waals surface area contributed by atoms with Gasteiger partial charge in [0.25, 0.3) is 0 Å². The fourth-order valence-corrected chi connectivity index (χ4v) is 2.17.